The maximum absolute atomic E-state index is 9.60. The van der Waals surface area contributed by atoms with Crippen molar-refractivity contribution in [3.63, 3.8) is 0 Å². The first-order valence-corrected chi connectivity index (χ1v) is 4.50. The summed E-state index contributed by atoms with van der Waals surface area (Å²) in [5.41, 5.74) is 0. The average molecular weight is 225 g/mol. The molecule has 0 radical (unpaired) electrons. The monoisotopic (exact) mass is 225 g/mol. The van der Waals surface area contributed by atoms with Crippen LogP contribution in [0.5, 0.6) is 0 Å². The van der Waals surface area contributed by atoms with E-state index in [4.69, 9.17) is 4.55 Å². The molecule has 1 heterocycles. The van der Waals surface area contributed by atoms with E-state index in [1.165, 1.54) is 6.08 Å². The van der Waals surface area contributed by atoms with Gasteiger partial charge in [-0.3, -0.25) is 13.7 Å². The fourth-order valence-electron chi connectivity index (χ4n) is 0.419. The zero-order valence-electron chi connectivity index (χ0n) is 9.00. The number of pyridine rings is 1. The Kier molecular flexibility index (Phi) is 15.2. The second-order valence-electron chi connectivity index (χ2n) is 1.81. The van der Waals surface area contributed by atoms with E-state index in [9.17, 15) is 4.21 Å². The minimum Gasteiger partial charge on any atom is -1.00 e. The summed E-state index contributed by atoms with van der Waals surface area (Å²) in [6, 6.07) is 5.72. The zero-order valence-corrected chi connectivity index (χ0v) is 10.8. The molecule has 0 fully saturated rings. The summed E-state index contributed by atoms with van der Waals surface area (Å²) in [5.74, 6) is 0. The summed E-state index contributed by atoms with van der Waals surface area (Å²) in [5, 5.41) is 0. The molecule has 4 nitrogen and oxygen atoms in total. The van der Waals surface area contributed by atoms with Gasteiger partial charge in [-0.2, -0.15) is 4.21 Å². The molecule has 0 bridgehead atoms. The van der Waals surface area contributed by atoms with Crippen molar-refractivity contribution in [3.8, 4) is 0 Å². The number of hydrogen-bond donors (Lipinski definition) is 1. The third kappa shape index (κ3) is 14.5. The van der Waals surface area contributed by atoms with Crippen molar-refractivity contribution in [1.82, 2.24) is 4.98 Å². The van der Waals surface area contributed by atoms with Crippen molar-refractivity contribution in [2.75, 3.05) is 6.61 Å². The quantitative estimate of drug-likeness (QED) is 0.387. The van der Waals surface area contributed by atoms with Crippen LogP contribution in [0.15, 0.2) is 43.2 Å². The van der Waals surface area contributed by atoms with Gasteiger partial charge in [0.25, 0.3) is 0 Å². The molecule has 0 amide bonds. The van der Waals surface area contributed by atoms with Gasteiger partial charge in [0.05, 0.1) is 6.61 Å². The van der Waals surface area contributed by atoms with Gasteiger partial charge in [-0.25, -0.2) is 0 Å². The molecular weight excluding hydrogens is 213 g/mol. The predicted octanol–water partition coefficient (Wildman–Crippen LogP) is -1.48. The molecule has 6 heteroatoms. The van der Waals surface area contributed by atoms with Gasteiger partial charge in [0.2, 0.25) is 0 Å². The van der Waals surface area contributed by atoms with Crippen molar-refractivity contribution >= 4 is 11.4 Å². The minimum absolute atomic E-state index is 0. The van der Waals surface area contributed by atoms with Crippen LogP contribution < -0.4 is 29.6 Å². The Morgan fingerprint density at radius 2 is 2.07 bits per heavy atom. The molecule has 0 saturated carbocycles. The van der Waals surface area contributed by atoms with Gasteiger partial charge in [0.15, 0.2) is 0 Å². The first kappa shape index (κ1) is 16.4. The molecule has 1 aromatic rings. The van der Waals surface area contributed by atoms with Gasteiger partial charge >= 0.3 is 40.9 Å². The van der Waals surface area contributed by atoms with Crippen molar-refractivity contribution < 1.29 is 43.9 Å². The molecule has 0 spiro atoms. The molecule has 0 aromatic carbocycles. The normalized spacial score (nSPS) is 10.1. The SMILES string of the molecule is C=CCOS(=O)O.[H-].[Na+].c1ccncc1. The molecule has 74 valence electrons. The summed E-state index contributed by atoms with van der Waals surface area (Å²) in [4.78, 5) is 3.78. The maximum atomic E-state index is 9.60. The van der Waals surface area contributed by atoms with Crippen LogP contribution in [0.25, 0.3) is 0 Å². The largest absolute Gasteiger partial charge is 1.00 e. The second-order valence-corrected chi connectivity index (χ2v) is 2.48. The van der Waals surface area contributed by atoms with E-state index in [1.54, 1.807) is 12.4 Å². The molecule has 0 aliphatic carbocycles. The van der Waals surface area contributed by atoms with Crippen LogP contribution in [0.1, 0.15) is 1.43 Å². The zero-order chi connectivity index (χ0) is 9.94. The standard InChI is InChI=1S/C5H5N.C3H6O3S.Na.H/c1-2-4-6-5-3-1;1-2-3-6-7(4)5;;/h1-5H;2H,1,3H2,(H,4,5);;/q;;+1;-1. The first-order valence-electron chi connectivity index (χ1n) is 3.47. The van der Waals surface area contributed by atoms with Crippen LogP contribution in [-0.4, -0.2) is 20.4 Å². The average Bonchev–Trinajstić information content (AvgIpc) is 2.18. The summed E-state index contributed by atoms with van der Waals surface area (Å²) in [6.45, 7) is 3.38. The van der Waals surface area contributed by atoms with Gasteiger partial charge in [-0.15, -0.1) is 6.58 Å². The molecule has 1 atom stereocenters. The van der Waals surface area contributed by atoms with Crippen molar-refractivity contribution in [2.24, 2.45) is 0 Å². The van der Waals surface area contributed by atoms with Crippen LogP contribution in [0.3, 0.4) is 0 Å². The molecule has 0 aliphatic heterocycles. The number of aromatic nitrogens is 1. The molecule has 1 rings (SSSR count). The van der Waals surface area contributed by atoms with Crippen molar-refractivity contribution in [3.05, 3.63) is 43.2 Å². The van der Waals surface area contributed by atoms with Crippen molar-refractivity contribution in [2.45, 2.75) is 0 Å². The first-order chi connectivity index (χ1) is 6.27. The van der Waals surface area contributed by atoms with Gasteiger partial charge in [-0.1, -0.05) is 12.1 Å². The number of rotatable bonds is 3. The van der Waals surface area contributed by atoms with Crippen LogP contribution in [-0.2, 0) is 15.5 Å². The Labute approximate surface area is 110 Å². The van der Waals surface area contributed by atoms with E-state index in [1.807, 2.05) is 18.2 Å². The van der Waals surface area contributed by atoms with E-state index in [0.717, 1.165) is 0 Å². The van der Waals surface area contributed by atoms with Gasteiger partial charge in [-0.05, 0) is 12.1 Å². The van der Waals surface area contributed by atoms with E-state index in [-0.39, 0.29) is 37.6 Å². The van der Waals surface area contributed by atoms with Gasteiger partial charge < -0.3 is 1.43 Å². The minimum atomic E-state index is -2.14. The summed E-state index contributed by atoms with van der Waals surface area (Å²) in [7, 11) is 0. The van der Waals surface area contributed by atoms with Crippen LogP contribution in [0.2, 0.25) is 0 Å². The van der Waals surface area contributed by atoms with E-state index in [2.05, 4.69) is 15.7 Å². The Hall–Kier alpha value is -0.0400. The summed E-state index contributed by atoms with van der Waals surface area (Å²) < 4.78 is 21.6. The Morgan fingerprint density at radius 1 is 1.50 bits per heavy atom. The topological polar surface area (TPSA) is 59.4 Å². The van der Waals surface area contributed by atoms with Crippen LogP contribution >= 0.6 is 0 Å². The van der Waals surface area contributed by atoms with E-state index in [0.29, 0.717) is 0 Å². The van der Waals surface area contributed by atoms with Crippen LogP contribution in [0.4, 0.5) is 0 Å². The Balaban J connectivity index is -0.000000170. The molecule has 0 saturated heterocycles. The van der Waals surface area contributed by atoms with Gasteiger partial charge in [0, 0.05) is 12.4 Å². The smallest absolute Gasteiger partial charge is 1.00 e. The van der Waals surface area contributed by atoms with Crippen LogP contribution in [0, 0.1) is 0 Å². The molecule has 14 heavy (non-hydrogen) atoms. The Bertz CT molecular complexity index is 224. The molecule has 1 aromatic heterocycles. The molecule has 0 aliphatic rings. The fourth-order valence-corrected chi connectivity index (χ4v) is 0.632. The van der Waals surface area contributed by atoms with E-state index >= 15 is 0 Å². The molecular formula is C8H12NNaO3S. The third-order valence-electron chi connectivity index (χ3n) is 0.853. The second kappa shape index (κ2) is 13.0. The van der Waals surface area contributed by atoms with Crippen molar-refractivity contribution in [1.29, 1.82) is 0 Å². The third-order valence-corrected chi connectivity index (χ3v) is 1.19. The fraction of sp³-hybridized carbons (Fsp3) is 0.125. The molecule has 1 unspecified atom stereocenters. The number of nitrogens with zero attached hydrogens (tertiary/aromatic N) is 1. The van der Waals surface area contributed by atoms with Gasteiger partial charge in [0.1, 0.15) is 0 Å². The van der Waals surface area contributed by atoms with E-state index < -0.39 is 11.4 Å². The maximum Gasteiger partial charge on any atom is 1.00 e. The predicted molar refractivity (Wildman–Crippen MR) is 52.3 cm³/mol. The Morgan fingerprint density at radius 3 is 2.21 bits per heavy atom. The molecule has 1 N–H and O–H groups in total. The summed E-state index contributed by atoms with van der Waals surface area (Å²) in [6.07, 6.45) is 4.90. The number of hydrogen-bond acceptors (Lipinski definition) is 3. The summed E-state index contributed by atoms with van der Waals surface area (Å²) >= 11 is -2.14.